The highest BCUT2D eigenvalue weighted by atomic mass is 16.4. The number of furan rings is 1. The molecule has 1 heterocycles. The maximum absolute atomic E-state index is 11.4. The third-order valence-electron chi connectivity index (χ3n) is 6.20. The van der Waals surface area contributed by atoms with Gasteiger partial charge in [-0.1, -0.05) is 48.5 Å². The molecule has 0 radical (unpaired) electrons. The van der Waals surface area contributed by atoms with Crippen LogP contribution in [0, 0.1) is 0 Å². The van der Waals surface area contributed by atoms with Gasteiger partial charge in [0.15, 0.2) is 22.7 Å². The van der Waals surface area contributed by atoms with Gasteiger partial charge in [0.1, 0.15) is 5.75 Å². The molecule has 0 saturated heterocycles. The van der Waals surface area contributed by atoms with E-state index in [0.29, 0.717) is 16.3 Å². The van der Waals surface area contributed by atoms with E-state index in [-0.39, 0.29) is 16.3 Å². The lowest BCUT2D eigenvalue weighted by molar-refractivity contribution is 0.348. The van der Waals surface area contributed by atoms with Crippen molar-refractivity contribution in [3.8, 4) is 51.4 Å². The van der Waals surface area contributed by atoms with E-state index in [2.05, 4.69) is 0 Å². The molecule has 0 aliphatic rings. The molecule has 5 aromatic carbocycles. The largest absolute Gasteiger partial charge is 0.506 e. The van der Waals surface area contributed by atoms with E-state index >= 15 is 0 Å². The second-order valence-corrected chi connectivity index (χ2v) is 8.02. The fourth-order valence-corrected chi connectivity index (χ4v) is 4.65. The number of phenols is 7. The van der Waals surface area contributed by atoms with Gasteiger partial charge in [0, 0.05) is 5.56 Å². The Bertz CT molecular complexity index is 1780. The van der Waals surface area contributed by atoms with E-state index in [0.717, 1.165) is 10.8 Å². The monoisotopic (exact) mass is 456 g/mol. The van der Waals surface area contributed by atoms with Crippen molar-refractivity contribution in [1.82, 2.24) is 0 Å². The van der Waals surface area contributed by atoms with Crippen molar-refractivity contribution in [2.45, 2.75) is 0 Å². The molecule has 0 fully saturated rings. The van der Waals surface area contributed by atoms with Crippen LogP contribution in [0.2, 0.25) is 0 Å². The summed E-state index contributed by atoms with van der Waals surface area (Å²) in [7, 11) is 0. The predicted molar refractivity (Wildman–Crippen MR) is 126 cm³/mol. The first-order chi connectivity index (χ1) is 16.3. The average Bonchev–Trinajstić information content (AvgIpc) is 3.26. The summed E-state index contributed by atoms with van der Waals surface area (Å²) in [6.45, 7) is 0. The second kappa shape index (κ2) is 6.52. The minimum atomic E-state index is -1.03. The van der Waals surface area contributed by atoms with Gasteiger partial charge in [0.05, 0.1) is 16.3 Å². The molecule has 8 nitrogen and oxygen atoms in total. The molecule has 0 saturated carbocycles. The van der Waals surface area contributed by atoms with Crippen LogP contribution in [0.3, 0.4) is 0 Å². The topological polar surface area (TPSA) is 155 Å². The molecular formula is C26H16O8. The number of fused-ring (bicyclic) bond motifs is 5. The van der Waals surface area contributed by atoms with Crippen molar-refractivity contribution in [2.24, 2.45) is 0 Å². The molecule has 8 heteroatoms. The zero-order chi connectivity index (χ0) is 23.9. The van der Waals surface area contributed by atoms with Crippen LogP contribution < -0.4 is 0 Å². The number of rotatable bonds is 1. The third-order valence-corrected chi connectivity index (χ3v) is 6.20. The van der Waals surface area contributed by atoms with Crippen LogP contribution in [0.15, 0.2) is 59.0 Å². The molecule has 0 aliphatic carbocycles. The first-order valence-corrected chi connectivity index (χ1v) is 10.2. The zero-order valence-corrected chi connectivity index (χ0v) is 17.2. The molecule has 0 aliphatic heterocycles. The Morgan fingerprint density at radius 1 is 0.441 bits per heavy atom. The first kappa shape index (κ1) is 19.7. The van der Waals surface area contributed by atoms with Crippen LogP contribution in [-0.2, 0) is 0 Å². The molecule has 0 bridgehead atoms. The summed E-state index contributed by atoms with van der Waals surface area (Å²) in [6.07, 6.45) is 0. The van der Waals surface area contributed by atoms with E-state index in [9.17, 15) is 35.7 Å². The van der Waals surface area contributed by atoms with E-state index in [1.54, 1.807) is 24.3 Å². The van der Waals surface area contributed by atoms with Crippen molar-refractivity contribution in [1.29, 1.82) is 0 Å². The van der Waals surface area contributed by atoms with Crippen LogP contribution in [-0.4, -0.2) is 35.7 Å². The third kappa shape index (κ3) is 2.31. The summed E-state index contributed by atoms with van der Waals surface area (Å²) < 4.78 is 5.41. The molecule has 7 N–H and O–H groups in total. The summed E-state index contributed by atoms with van der Waals surface area (Å²) in [4.78, 5) is 0. The minimum Gasteiger partial charge on any atom is -0.506 e. The van der Waals surface area contributed by atoms with Crippen LogP contribution in [0.4, 0.5) is 0 Å². The van der Waals surface area contributed by atoms with E-state index in [1.165, 1.54) is 0 Å². The van der Waals surface area contributed by atoms with Gasteiger partial charge in [-0.3, -0.25) is 0 Å². The number of hydrogen-bond acceptors (Lipinski definition) is 8. The highest BCUT2D eigenvalue weighted by Gasteiger charge is 2.31. The van der Waals surface area contributed by atoms with Gasteiger partial charge in [0.2, 0.25) is 23.0 Å². The Morgan fingerprint density at radius 2 is 0.912 bits per heavy atom. The van der Waals surface area contributed by atoms with Crippen LogP contribution in [0.25, 0.3) is 54.6 Å². The van der Waals surface area contributed by atoms with Gasteiger partial charge in [0.25, 0.3) is 0 Å². The lowest BCUT2D eigenvalue weighted by Crippen LogP contribution is -1.89. The number of phenolic OH excluding ortho intramolecular Hbond substituents is 7. The lowest BCUT2D eigenvalue weighted by atomic mass is 9.89. The van der Waals surface area contributed by atoms with Crippen molar-refractivity contribution in [2.75, 3.05) is 0 Å². The minimum absolute atomic E-state index is 0.132. The fourth-order valence-electron chi connectivity index (χ4n) is 4.65. The van der Waals surface area contributed by atoms with E-state index < -0.39 is 51.4 Å². The molecule has 168 valence electrons. The predicted octanol–water partition coefficient (Wildman–Crippen LogP) is 5.50. The second-order valence-electron chi connectivity index (χ2n) is 8.02. The van der Waals surface area contributed by atoms with Crippen molar-refractivity contribution >= 4 is 43.5 Å². The maximum atomic E-state index is 11.4. The summed E-state index contributed by atoms with van der Waals surface area (Å²) >= 11 is 0. The van der Waals surface area contributed by atoms with Gasteiger partial charge in [-0.2, -0.15) is 0 Å². The van der Waals surface area contributed by atoms with Gasteiger partial charge in [-0.15, -0.1) is 0 Å². The fraction of sp³-hybridized carbons (Fsp3) is 0. The summed E-state index contributed by atoms with van der Waals surface area (Å²) in [5.41, 5.74) is -0.657. The van der Waals surface area contributed by atoms with Crippen LogP contribution in [0.1, 0.15) is 0 Å². The molecule has 1 aromatic heterocycles. The quantitative estimate of drug-likeness (QED) is 0.0972. The van der Waals surface area contributed by atoms with Gasteiger partial charge in [-0.05, 0) is 27.6 Å². The first-order valence-electron chi connectivity index (χ1n) is 10.2. The molecule has 6 rings (SSSR count). The summed E-state index contributed by atoms with van der Waals surface area (Å²) in [5.74, 6) is -5.85. The van der Waals surface area contributed by atoms with E-state index in [1.807, 2.05) is 30.3 Å². The SMILES string of the molecule is Oc1c(O)c(O)c2c(oc3c(O)c(O)c(-c4c5ccccc5cc5ccccc45)c(O)c32)c1O. The Morgan fingerprint density at radius 3 is 1.50 bits per heavy atom. The molecule has 0 atom stereocenters. The molecule has 0 amide bonds. The highest BCUT2D eigenvalue weighted by Crippen LogP contribution is 2.59. The molecule has 34 heavy (non-hydrogen) atoms. The summed E-state index contributed by atoms with van der Waals surface area (Å²) in [5, 5.41) is 76.3. The number of benzene rings is 5. The van der Waals surface area contributed by atoms with Crippen molar-refractivity contribution < 1.29 is 40.2 Å². The Hall–Kier alpha value is -4.98. The average molecular weight is 456 g/mol. The molecule has 6 aromatic rings. The van der Waals surface area contributed by atoms with Crippen molar-refractivity contribution in [3.63, 3.8) is 0 Å². The Labute approximate surface area is 190 Å². The van der Waals surface area contributed by atoms with Crippen LogP contribution in [0.5, 0.6) is 40.2 Å². The number of aromatic hydroxyl groups is 7. The van der Waals surface area contributed by atoms with Gasteiger partial charge < -0.3 is 40.2 Å². The van der Waals surface area contributed by atoms with Gasteiger partial charge >= 0.3 is 0 Å². The molecule has 0 unspecified atom stereocenters. The Balaban J connectivity index is 1.89. The molecule has 0 spiro atoms. The standard InChI is InChI=1S/C26H16O8/c27-18-15(14-12-7-3-1-5-10(12)9-11-6-2-4-8-13(11)14)19(28)23(32)25-16(18)17-20(29)21(30)22(31)24(33)26(17)34-25/h1-9,27-33H. The summed E-state index contributed by atoms with van der Waals surface area (Å²) in [6, 6.07) is 16.6. The normalized spacial score (nSPS) is 11.8. The Kier molecular flexibility index (Phi) is 3.77. The maximum Gasteiger partial charge on any atom is 0.208 e. The van der Waals surface area contributed by atoms with Crippen LogP contribution >= 0.6 is 0 Å². The molecular weight excluding hydrogens is 440 g/mol. The number of hydrogen-bond donors (Lipinski definition) is 7. The van der Waals surface area contributed by atoms with Crippen molar-refractivity contribution in [3.05, 3.63) is 54.6 Å². The smallest absolute Gasteiger partial charge is 0.208 e. The van der Waals surface area contributed by atoms with Gasteiger partial charge in [-0.25, -0.2) is 0 Å². The highest BCUT2D eigenvalue weighted by molar-refractivity contribution is 6.22. The van der Waals surface area contributed by atoms with E-state index in [4.69, 9.17) is 4.42 Å². The lowest BCUT2D eigenvalue weighted by Gasteiger charge is -2.16. The zero-order valence-electron chi connectivity index (χ0n) is 17.2.